The van der Waals surface area contributed by atoms with Crippen LogP contribution in [-0.2, 0) is 11.3 Å². The smallest absolute Gasteiger partial charge is 0.404 e. The minimum Gasteiger partial charge on any atom is -0.444 e. The van der Waals surface area contributed by atoms with Crippen LogP contribution in [0.3, 0.4) is 0 Å². The fourth-order valence-electron chi connectivity index (χ4n) is 6.23. The number of fused-ring (bicyclic) bond motifs is 2. The molecule has 1 unspecified atom stereocenters. The van der Waals surface area contributed by atoms with Crippen molar-refractivity contribution in [2.45, 2.75) is 71.8 Å². The van der Waals surface area contributed by atoms with E-state index in [1.165, 1.54) is 17.7 Å². The molecule has 6 rings (SSSR count). The summed E-state index contributed by atoms with van der Waals surface area (Å²) in [6.07, 6.45) is 0.868. The van der Waals surface area contributed by atoms with Crippen molar-refractivity contribution in [3.05, 3.63) is 52.8 Å². The molecule has 1 saturated heterocycles. The topological polar surface area (TPSA) is 108 Å². The maximum absolute atomic E-state index is 14.9. The van der Waals surface area contributed by atoms with Crippen LogP contribution in [0.5, 0.6) is 0 Å². The number of primary amides is 1. The fraction of sp³-hybridized carbons (Fsp3) is 0.467. The average molecular weight is 581 g/mol. The molecule has 9 nitrogen and oxygen atoms in total. The Morgan fingerprint density at radius 2 is 1.95 bits per heavy atom. The van der Waals surface area contributed by atoms with Crippen LogP contribution in [0, 0.1) is 18.3 Å². The van der Waals surface area contributed by atoms with E-state index in [4.69, 9.17) is 27.2 Å². The second kappa shape index (κ2) is 10.0. The van der Waals surface area contributed by atoms with Gasteiger partial charge in [0.1, 0.15) is 28.8 Å². The standard InChI is InChI=1S/C30H34ClFN6O3/c1-16-21-9-7-19(28(39)37-15-20(32)12-23(41-29(33)40)26(37)30(2,3)4)14-38(21)35-25(16)22-11-18-8-10-24(31)34-27(18)36(22)13-17-5-6-17/h7-11,14,17,20,23,26H,5-6,12-13,15H2,1-4H3,(H2,33,40)/t20-,23-,26?/m1/s1. The van der Waals surface area contributed by atoms with Gasteiger partial charge >= 0.3 is 6.09 Å². The molecule has 1 aliphatic carbocycles. The number of piperidine rings is 1. The first-order valence-corrected chi connectivity index (χ1v) is 14.3. The molecular formula is C30H34ClFN6O3. The molecule has 1 aliphatic heterocycles. The SMILES string of the molecule is Cc1c(-c2cc3ccc(Cl)nc3n2CC2CC2)nn2cc(C(=O)N3C[C@H](F)C[C@@H](OC(N)=O)C3C(C)(C)C)ccc12. The van der Waals surface area contributed by atoms with Crippen LogP contribution in [0.15, 0.2) is 36.5 Å². The van der Waals surface area contributed by atoms with Gasteiger partial charge in [0.2, 0.25) is 0 Å². The highest BCUT2D eigenvalue weighted by Crippen LogP contribution is 2.38. The summed E-state index contributed by atoms with van der Waals surface area (Å²) in [6, 6.07) is 8.89. The summed E-state index contributed by atoms with van der Waals surface area (Å²) in [4.78, 5) is 31.6. The molecule has 216 valence electrons. The van der Waals surface area contributed by atoms with Crippen LogP contribution in [0.2, 0.25) is 5.15 Å². The number of likely N-dealkylation sites (tertiary alicyclic amines) is 1. The Kier molecular flexibility index (Phi) is 6.71. The molecule has 3 atom stereocenters. The van der Waals surface area contributed by atoms with Gasteiger partial charge in [0.15, 0.2) is 0 Å². The molecule has 1 saturated carbocycles. The Morgan fingerprint density at radius 1 is 1.20 bits per heavy atom. The van der Waals surface area contributed by atoms with Crippen LogP contribution in [0.25, 0.3) is 27.9 Å². The first-order valence-electron chi connectivity index (χ1n) is 14.0. The van der Waals surface area contributed by atoms with Crippen molar-refractivity contribution in [3.63, 3.8) is 0 Å². The summed E-state index contributed by atoms with van der Waals surface area (Å²) < 4.78 is 24.1. The Bertz CT molecular complexity index is 1670. The highest BCUT2D eigenvalue weighted by molar-refractivity contribution is 6.29. The minimum atomic E-state index is -1.35. The Balaban J connectivity index is 1.39. The molecule has 2 N–H and O–H groups in total. The van der Waals surface area contributed by atoms with Crippen molar-refractivity contribution in [2.75, 3.05) is 6.54 Å². The summed E-state index contributed by atoms with van der Waals surface area (Å²) in [5.41, 5.74) is 9.57. The van der Waals surface area contributed by atoms with Crippen LogP contribution < -0.4 is 5.73 Å². The lowest BCUT2D eigenvalue weighted by Crippen LogP contribution is -2.61. The van der Waals surface area contributed by atoms with Crippen LogP contribution in [0.1, 0.15) is 56.0 Å². The fourth-order valence-corrected chi connectivity index (χ4v) is 6.37. The molecule has 0 radical (unpaired) electrons. The number of aromatic nitrogens is 4. The third-order valence-corrected chi connectivity index (χ3v) is 8.41. The lowest BCUT2D eigenvalue weighted by molar-refractivity contribution is -0.0571. The normalized spacial score (nSPS) is 21.5. The van der Waals surface area contributed by atoms with Gasteiger partial charge in [0.05, 0.1) is 29.4 Å². The third kappa shape index (κ3) is 5.14. The highest BCUT2D eigenvalue weighted by Gasteiger charge is 2.46. The molecule has 11 heteroatoms. The number of rotatable bonds is 5. The van der Waals surface area contributed by atoms with Crippen molar-refractivity contribution < 1.29 is 18.7 Å². The van der Waals surface area contributed by atoms with Gasteiger partial charge in [-0.1, -0.05) is 32.4 Å². The van der Waals surface area contributed by atoms with Gasteiger partial charge in [-0.15, -0.1) is 0 Å². The molecule has 2 fully saturated rings. The lowest BCUT2D eigenvalue weighted by atomic mass is 9.78. The van der Waals surface area contributed by atoms with E-state index in [2.05, 4.69) is 15.6 Å². The second-order valence-electron chi connectivity index (χ2n) is 12.4. The van der Waals surface area contributed by atoms with Crippen molar-refractivity contribution in [3.8, 4) is 11.4 Å². The van der Waals surface area contributed by atoms with Gasteiger partial charge in [0.25, 0.3) is 5.91 Å². The predicted octanol–water partition coefficient (Wildman–Crippen LogP) is 5.79. The number of nitrogens with zero attached hydrogens (tertiary/aromatic N) is 5. The molecular weight excluding hydrogens is 547 g/mol. The quantitative estimate of drug-likeness (QED) is 0.301. The minimum absolute atomic E-state index is 0.00959. The van der Waals surface area contributed by atoms with E-state index < -0.39 is 29.8 Å². The molecule has 2 aliphatic rings. The molecule has 2 amide bonds. The molecule has 4 aromatic rings. The lowest BCUT2D eigenvalue weighted by Gasteiger charge is -2.47. The van der Waals surface area contributed by atoms with E-state index >= 15 is 0 Å². The summed E-state index contributed by atoms with van der Waals surface area (Å²) >= 11 is 6.25. The van der Waals surface area contributed by atoms with Crippen LogP contribution >= 0.6 is 11.6 Å². The molecule has 41 heavy (non-hydrogen) atoms. The van der Waals surface area contributed by atoms with Crippen molar-refractivity contribution >= 4 is 40.2 Å². The van der Waals surface area contributed by atoms with Crippen LogP contribution in [0.4, 0.5) is 9.18 Å². The second-order valence-corrected chi connectivity index (χ2v) is 12.8. The van der Waals surface area contributed by atoms with E-state index in [1.54, 1.807) is 22.8 Å². The summed E-state index contributed by atoms with van der Waals surface area (Å²) in [7, 11) is 0. The Morgan fingerprint density at radius 3 is 2.63 bits per heavy atom. The van der Waals surface area contributed by atoms with Gasteiger partial charge in [-0.05, 0) is 61.4 Å². The zero-order valence-electron chi connectivity index (χ0n) is 23.6. The Labute approximate surface area is 242 Å². The Hall–Kier alpha value is -3.66. The molecule has 0 bridgehead atoms. The van der Waals surface area contributed by atoms with Gasteiger partial charge in [-0.3, -0.25) is 4.79 Å². The average Bonchev–Trinajstić information content (AvgIpc) is 3.57. The van der Waals surface area contributed by atoms with E-state index in [9.17, 15) is 14.0 Å². The number of aryl methyl sites for hydroxylation is 1. The number of hydrogen-bond acceptors (Lipinski definition) is 5. The number of nitrogens with two attached hydrogens (primary N) is 1. The number of hydrogen-bond donors (Lipinski definition) is 1. The zero-order chi connectivity index (χ0) is 29.2. The molecule has 0 spiro atoms. The van der Waals surface area contributed by atoms with Gasteiger partial charge in [-0.2, -0.15) is 5.10 Å². The summed E-state index contributed by atoms with van der Waals surface area (Å²) in [6.45, 7) is 8.55. The van der Waals surface area contributed by atoms with Crippen molar-refractivity contribution in [1.82, 2.24) is 24.1 Å². The maximum atomic E-state index is 14.9. The molecule has 5 heterocycles. The number of carbonyl (C=O) groups is 2. The first kappa shape index (κ1) is 27.5. The number of alkyl halides is 1. The summed E-state index contributed by atoms with van der Waals surface area (Å²) in [5.74, 6) is 0.248. The predicted molar refractivity (Wildman–Crippen MR) is 155 cm³/mol. The van der Waals surface area contributed by atoms with Gasteiger partial charge < -0.3 is 19.9 Å². The number of halogens is 2. The maximum Gasteiger partial charge on any atom is 0.404 e. The van der Waals surface area contributed by atoms with E-state index in [1.807, 2.05) is 39.8 Å². The summed E-state index contributed by atoms with van der Waals surface area (Å²) in [5, 5.41) is 6.35. The molecule has 0 aromatic carbocycles. The van der Waals surface area contributed by atoms with Crippen LogP contribution in [-0.4, -0.2) is 60.9 Å². The van der Waals surface area contributed by atoms with Crippen molar-refractivity contribution in [2.24, 2.45) is 17.1 Å². The van der Waals surface area contributed by atoms with E-state index in [0.717, 1.165) is 40.0 Å². The van der Waals surface area contributed by atoms with E-state index in [0.29, 0.717) is 16.6 Å². The number of amides is 2. The number of ether oxygens (including phenoxy) is 1. The third-order valence-electron chi connectivity index (χ3n) is 8.20. The van der Waals surface area contributed by atoms with Gasteiger partial charge in [0, 0.05) is 30.1 Å². The monoisotopic (exact) mass is 580 g/mol. The number of pyridine rings is 2. The molecule has 4 aromatic heterocycles. The van der Waals surface area contributed by atoms with E-state index in [-0.39, 0.29) is 18.9 Å². The van der Waals surface area contributed by atoms with Gasteiger partial charge in [-0.25, -0.2) is 18.7 Å². The largest absolute Gasteiger partial charge is 0.444 e. The van der Waals surface area contributed by atoms with Crippen molar-refractivity contribution in [1.29, 1.82) is 0 Å². The first-order chi connectivity index (χ1) is 19.4. The highest BCUT2D eigenvalue weighted by atomic mass is 35.5. The number of carbonyl (C=O) groups excluding carboxylic acids is 2. The zero-order valence-corrected chi connectivity index (χ0v) is 24.4.